The Balaban J connectivity index is 1.29. The molecule has 0 saturated heterocycles. The summed E-state index contributed by atoms with van der Waals surface area (Å²) in [5.41, 5.74) is 5.30. The molecular weight excluding hydrogens is 454 g/mol. The molecule has 1 aliphatic rings. The highest BCUT2D eigenvalue weighted by molar-refractivity contribution is 5.96. The number of carbonyl (C=O) groups excluding carboxylic acids is 2. The molecule has 8 nitrogen and oxygen atoms in total. The van der Waals surface area contributed by atoms with Crippen LogP contribution in [0.15, 0.2) is 59.0 Å². The van der Waals surface area contributed by atoms with Gasteiger partial charge >= 0.3 is 0 Å². The molecule has 0 unspecified atom stereocenters. The Labute approximate surface area is 209 Å². The van der Waals surface area contributed by atoms with Crippen LogP contribution in [0.1, 0.15) is 52.5 Å². The number of carbonyl (C=O) groups is 2. The SMILES string of the molecule is Cc1cc(C)n(-c2cccc(C(=O)NCc3nc(-c4ccccc4NC(=O)C4CCC4)oc3C)c2)n1. The van der Waals surface area contributed by atoms with Crippen LogP contribution in [0.2, 0.25) is 0 Å². The van der Waals surface area contributed by atoms with Crippen LogP contribution in [0.5, 0.6) is 0 Å². The predicted octanol–water partition coefficient (Wildman–Crippen LogP) is 5.12. The summed E-state index contributed by atoms with van der Waals surface area (Å²) < 4.78 is 7.75. The lowest BCUT2D eigenvalue weighted by atomic mass is 9.85. The second-order valence-corrected chi connectivity index (χ2v) is 9.26. The van der Waals surface area contributed by atoms with Gasteiger partial charge in [0.2, 0.25) is 11.8 Å². The number of amides is 2. The van der Waals surface area contributed by atoms with Crippen LogP contribution in [-0.4, -0.2) is 26.6 Å². The lowest BCUT2D eigenvalue weighted by Gasteiger charge is -2.24. The highest BCUT2D eigenvalue weighted by atomic mass is 16.4. The fourth-order valence-corrected chi connectivity index (χ4v) is 4.33. The van der Waals surface area contributed by atoms with Gasteiger partial charge in [-0.2, -0.15) is 5.10 Å². The van der Waals surface area contributed by atoms with Gasteiger partial charge in [-0.3, -0.25) is 9.59 Å². The molecule has 2 N–H and O–H groups in total. The smallest absolute Gasteiger partial charge is 0.251 e. The van der Waals surface area contributed by atoms with E-state index in [1.165, 1.54) is 0 Å². The summed E-state index contributed by atoms with van der Waals surface area (Å²) >= 11 is 0. The van der Waals surface area contributed by atoms with Crippen LogP contribution in [0, 0.1) is 26.7 Å². The second kappa shape index (κ2) is 9.81. The Kier molecular flexibility index (Phi) is 6.41. The molecule has 1 aliphatic carbocycles. The third-order valence-corrected chi connectivity index (χ3v) is 6.56. The summed E-state index contributed by atoms with van der Waals surface area (Å²) in [6.45, 7) is 5.95. The van der Waals surface area contributed by atoms with Crippen molar-refractivity contribution in [3.63, 3.8) is 0 Å². The van der Waals surface area contributed by atoms with Gasteiger partial charge in [0.05, 0.1) is 29.2 Å². The quantitative estimate of drug-likeness (QED) is 0.380. The molecule has 8 heteroatoms. The summed E-state index contributed by atoms with van der Waals surface area (Å²) in [6, 6.07) is 16.8. The monoisotopic (exact) mass is 483 g/mol. The van der Waals surface area contributed by atoms with Gasteiger partial charge in [0.1, 0.15) is 11.5 Å². The molecule has 2 heterocycles. The largest absolute Gasteiger partial charge is 0.441 e. The van der Waals surface area contributed by atoms with E-state index < -0.39 is 0 Å². The Morgan fingerprint density at radius 1 is 1.06 bits per heavy atom. The lowest BCUT2D eigenvalue weighted by molar-refractivity contribution is -0.122. The maximum absolute atomic E-state index is 12.9. The fourth-order valence-electron chi connectivity index (χ4n) is 4.33. The summed E-state index contributed by atoms with van der Waals surface area (Å²) in [5, 5.41) is 10.5. The minimum absolute atomic E-state index is 0.0344. The lowest BCUT2D eigenvalue weighted by Crippen LogP contribution is -2.28. The van der Waals surface area contributed by atoms with Crippen molar-refractivity contribution in [3.8, 4) is 17.1 Å². The maximum atomic E-state index is 12.9. The number of anilines is 1. The van der Waals surface area contributed by atoms with Crippen LogP contribution >= 0.6 is 0 Å². The van der Waals surface area contributed by atoms with Crippen molar-refractivity contribution in [2.45, 2.75) is 46.6 Å². The topological polar surface area (TPSA) is 102 Å². The first-order valence-electron chi connectivity index (χ1n) is 12.2. The molecule has 184 valence electrons. The molecule has 0 radical (unpaired) electrons. The van der Waals surface area contributed by atoms with Crippen molar-refractivity contribution in [1.29, 1.82) is 0 Å². The maximum Gasteiger partial charge on any atom is 0.251 e. The molecule has 4 aromatic rings. The van der Waals surface area contributed by atoms with Gasteiger partial charge in [0, 0.05) is 17.2 Å². The number of oxazole rings is 1. The predicted molar refractivity (Wildman–Crippen MR) is 137 cm³/mol. The standard InChI is InChI=1S/C28H29N5O3/c1-17-14-18(2)33(32-17)22-11-7-10-21(15-22)26(34)29-16-25-19(3)36-28(31-25)23-12-4-5-13-24(23)30-27(35)20-8-6-9-20/h4-5,7,10-15,20H,6,8-9,16H2,1-3H3,(H,29,34)(H,30,35). The summed E-state index contributed by atoms with van der Waals surface area (Å²) in [4.78, 5) is 30.0. The number of aromatic nitrogens is 3. The zero-order valence-corrected chi connectivity index (χ0v) is 20.7. The molecule has 0 spiro atoms. The third kappa shape index (κ3) is 4.79. The van der Waals surface area contributed by atoms with Crippen LogP contribution in [0.25, 0.3) is 17.1 Å². The first-order chi connectivity index (χ1) is 17.4. The molecule has 2 amide bonds. The first-order valence-corrected chi connectivity index (χ1v) is 12.2. The van der Waals surface area contributed by atoms with Crippen molar-refractivity contribution in [2.75, 3.05) is 5.32 Å². The molecule has 36 heavy (non-hydrogen) atoms. The number of benzene rings is 2. The third-order valence-electron chi connectivity index (χ3n) is 6.56. The van der Waals surface area contributed by atoms with Gasteiger partial charge in [-0.05, 0) is 70.0 Å². The number of rotatable bonds is 7. The number of aryl methyl sites for hydroxylation is 3. The van der Waals surface area contributed by atoms with Gasteiger partial charge in [-0.15, -0.1) is 0 Å². The van der Waals surface area contributed by atoms with Crippen molar-refractivity contribution in [1.82, 2.24) is 20.1 Å². The molecule has 0 bridgehead atoms. The first kappa shape index (κ1) is 23.5. The minimum Gasteiger partial charge on any atom is -0.441 e. The van der Waals surface area contributed by atoms with Crippen molar-refractivity contribution in [3.05, 3.63) is 83.0 Å². The van der Waals surface area contributed by atoms with Gasteiger partial charge in [0.25, 0.3) is 5.91 Å². The van der Waals surface area contributed by atoms with Gasteiger partial charge in [-0.1, -0.05) is 24.6 Å². The number of nitrogens with zero attached hydrogens (tertiary/aromatic N) is 3. The van der Waals surface area contributed by atoms with E-state index >= 15 is 0 Å². The number of nitrogens with one attached hydrogen (secondary N) is 2. The minimum atomic E-state index is -0.213. The van der Waals surface area contributed by atoms with Crippen molar-refractivity contribution >= 4 is 17.5 Å². The Bertz CT molecular complexity index is 1430. The van der Waals surface area contributed by atoms with Gasteiger partial charge < -0.3 is 15.1 Å². The van der Waals surface area contributed by atoms with Gasteiger partial charge in [0.15, 0.2) is 0 Å². The molecule has 0 atom stereocenters. The van der Waals surface area contributed by atoms with E-state index in [1.807, 2.05) is 74.0 Å². The fraction of sp³-hybridized carbons (Fsp3) is 0.286. The van der Waals surface area contributed by atoms with E-state index in [2.05, 4.69) is 20.7 Å². The van der Waals surface area contributed by atoms with E-state index in [4.69, 9.17) is 4.42 Å². The summed E-state index contributed by atoms with van der Waals surface area (Å²) in [5.74, 6) is 0.923. The van der Waals surface area contributed by atoms with E-state index in [1.54, 1.807) is 6.07 Å². The number of hydrogen-bond donors (Lipinski definition) is 2. The molecule has 1 fully saturated rings. The molecular formula is C28H29N5O3. The van der Waals surface area contributed by atoms with E-state index in [-0.39, 0.29) is 24.3 Å². The highest BCUT2D eigenvalue weighted by Gasteiger charge is 2.26. The Hall–Kier alpha value is -4.20. The summed E-state index contributed by atoms with van der Waals surface area (Å²) in [6.07, 6.45) is 2.96. The van der Waals surface area contributed by atoms with E-state index in [9.17, 15) is 9.59 Å². The molecule has 5 rings (SSSR count). The van der Waals surface area contributed by atoms with Crippen LogP contribution in [0.3, 0.4) is 0 Å². The van der Waals surface area contributed by atoms with Crippen LogP contribution in [0.4, 0.5) is 5.69 Å². The molecule has 0 aliphatic heterocycles. The van der Waals surface area contributed by atoms with Crippen LogP contribution in [-0.2, 0) is 11.3 Å². The van der Waals surface area contributed by atoms with E-state index in [0.717, 1.165) is 36.3 Å². The second-order valence-electron chi connectivity index (χ2n) is 9.26. The van der Waals surface area contributed by atoms with Crippen molar-refractivity contribution in [2.24, 2.45) is 5.92 Å². The average molecular weight is 484 g/mol. The van der Waals surface area contributed by atoms with Crippen molar-refractivity contribution < 1.29 is 14.0 Å². The van der Waals surface area contributed by atoms with E-state index in [0.29, 0.717) is 34.2 Å². The number of para-hydroxylation sites is 1. The number of hydrogen-bond acceptors (Lipinski definition) is 5. The molecule has 2 aromatic heterocycles. The Morgan fingerprint density at radius 2 is 1.86 bits per heavy atom. The Morgan fingerprint density at radius 3 is 2.58 bits per heavy atom. The molecule has 1 saturated carbocycles. The molecule has 2 aromatic carbocycles. The zero-order chi connectivity index (χ0) is 25.2. The zero-order valence-electron chi connectivity index (χ0n) is 20.7. The van der Waals surface area contributed by atoms with Crippen LogP contribution < -0.4 is 10.6 Å². The average Bonchev–Trinajstić information content (AvgIpc) is 3.37. The van der Waals surface area contributed by atoms with Gasteiger partial charge in [-0.25, -0.2) is 9.67 Å². The normalized spacial score (nSPS) is 13.3. The highest BCUT2D eigenvalue weighted by Crippen LogP contribution is 2.32. The summed E-state index contributed by atoms with van der Waals surface area (Å²) in [7, 11) is 0.